The van der Waals surface area contributed by atoms with Gasteiger partial charge in [0, 0.05) is 0 Å². The fourth-order valence-corrected chi connectivity index (χ4v) is 3.52. The number of rotatable bonds is 5. The van der Waals surface area contributed by atoms with Crippen molar-refractivity contribution < 1.29 is 23.9 Å². The van der Waals surface area contributed by atoms with Crippen LogP contribution in [0.3, 0.4) is 0 Å². The minimum Gasteiger partial charge on any atom is -0.493 e. The number of barbiturate groups is 1. The Morgan fingerprint density at radius 3 is 2.42 bits per heavy atom. The highest BCUT2D eigenvalue weighted by Gasteiger charge is 2.38. The number of urea groups is 1. The number of nitrogens with zero attached hydrogens (tertiary/aromatic N) is 1. The van der Waals surface area contributed by atoms with E-state index in [1.807, 2.05) is 13.8 Å². The fourth-order valence-electron chi connectivity index (χ4n) is 2.88. The third kappa shape index (κ3) is 4.63. The van der Waals surface area contributed by atoms with E-state index in [1.54, 1.807) is 6.07 Å². The van der Waals surface area contributed by atoms with Crippen LogP contribution in [0, 0.1) is 0 Å². The van der Waals surface area contributed by atoms with Gasteiger partial charge in [0.25, 0.3) is 11.8 Å². The lowest BCUT2D eigenvalue weighted by atomic mass is 10.1. The first kappa shape index (κ1) is 22.9. The third-order valence-corrected chi connectivity index (χ3v) is 5.28. The van der Waals surface area contributed by atoms with Gasteiger partial charge in [-0.2, -0.15) is 0 Å². The number of amides is 4. The molecule has 0 atom stereocenters. The van der Waals surface area contributed by atoms with Crippen LogP contribution in [0.25, 0.3) is 6.08 Å². The molecule has 1 heterocycles. The van der Waals surface area contributed by atoms with E-state index in [0.29, 0.717) is 17.1 Å². The highest BCUT2D eigenvalue weighted by Crippen LogP contribution is 2.38. The molecule has 31 heavy (non-hydrogen) atoms. The van der Waals surface area contributed by atoms with Gasteiger partial charge in [0.15, 0.2) is 11.5 Å². The molecule has 10 heteroatoms. The van der Waals surface area contributed by atoms with E-state index in [0.717, 1.165) is 4.90 Å². The number of carbonyl (C=O) groups is 3. The van der Waals surface area contributed by atoms with Crippen LogP contribution in [-0.4, -0.2) is 31.1 Å². The molecule has 7 nitrogen and oxygen atoms in total. The van der Waals surface area contributed by atoms with E-state index in [4.69, 9.17) is 44.3 Å². The predicted molar refractivity (Wildman–Crippen MR) is 119 cm³/mol. The second-order valence-corrected chi connectivity index (χ2v) is 7.92. The van der Waals surface area contributed by atoms with Crippen molar-refractivity contribution in [1.29, 1.82) is 0 Å². The van der Waals surface area contributed by atoms with Crippen molar-refractivity contribution in [3.63, 3.8) is 0 Å². The van der Waals surface area contributed by atoms with Crippen molar-refractivity contribution in [3.8, 4) is 11.5 Å². The topological polar surface area (TPSA) is 84.9 Å². The van der Waals surface area contributed by atoms with Crippen LogP contribution >= 0.6 is 34.8 Å². The second-order valence-electron chi connectivity index (χ2n) is 6.73. The number of halogens is 3. The zero-order chi connectivity index (χ0) is 22.9. The normalized spacial score (nSPS) is 15.5. The van der Waals surface area contributed by atoms with Crippen LogP contribution in [0.2, 0.25) is 15.1 Å². The Morgan fingerprint density at radius 2 is 1.77 bits per heavy atom. The van der Waals surface area contributed by atoms with Crippen LogP contribution < -0.4 is 19.7 Å². The molecule has 162 valence electrons. The van der Waals surface area contributed by atoms with Crippen LogP contribution in [-0.2, 0) is 9.59 Å². The fraction of sp³-hybridized carbons (Fsp3) is 0.190. The maximum Gasteiger partial charge on any atom is 0.336 e. The first-order chi connectivity index (χ1) is 14.6. The number of methoxy groups -OCH3 is 1. The third-order valence-electron chi connectivity index (χ3n) is 4.19. The van der Waals surface area contributed by atoms with Gasteiger partial charge in [-0.1, -0.05) is 40.9 Å². The molecule has 0 saturated carbocycles. The van der Waals surface area contributed by atoms with Crippen molar-refractivity contribution >= 4 is 64.4 Å². The molecule has 0 radical (unpaired) electrons. The van der Waals surface area contributed by atoms with Gasteiger partial charge in [-0.15, -0.1) is 0 Å². The van der Waals surface area contributed by atoms with Crippen molar-refractivity contribution in [2.24, 2.45) is 0 Å². The first-order valence-electron chi connectivity index (χ1n) is 9.03. The summed E-state index contributed by atoms with van der Waals surface area (Å²) in [6.07, 6.45) is 1.15. The summed E-state index contributed by atoms with van der Waals surface area (Å²) in [6, 6.07) is 6.62. The average Bonchev–Trinajstić information content (AvgIpc) is 2.69. The minimum atomic E-state index is -0.937. The maximum atomic E-state index is 13.1. The highest BCUT2D eigenvalue weighted by atomic mass is 35.5. The Kier molecular flexibility index (Phi) is 6.79. The number of hydrogen-bond donors (Lipinski definition) is 1. The number of ether oxygens (including phenoxy) is 2. The van der Waals surface area contributed by atoms with Crippen molar-refractivity contribution in [3.05, 3.63) is 56.5 Å². The van der Waals surface area contributed by atoms with Gasteiger partial charge in [-0.3, -0.25) is 14.9 Å². The number of hydrogen-bond acceptors (Lipinski definition) is 5. The van der Waals surface area contributed by atoms with Crippen LogP contribution in [0.15, 0.2) is 35.9 Å². The summed E-state index contributed by atoms with van der Waals surface area (Å²) in [4.78, 5) is 38.6. The summed E-state index contributed by atoms with van der Waals surface area (Å²) in [7, 11) is 1.44. The van der Waals surface area contributed by atoms with E-state index in [1.165, 1.54) is 37.5 Å². The molecule has 1 aliphatic rings. The molecule has 3 rings (SSSR count). The molecule has 1 saturated heterocycles. The Bertz CT molecular complexity index is 1110. The predicted octanol–water partition coefficient (Wildman–Crippen LogP) is 5.11. The molecule has 0 bridgehead atoms. The molecule has 1 aliphatic heterocycles. The van der Waals surface area contributed by atoms with Gasteiger partial charge in [0.1, 0.15) is 5.57 Å². The van der Waals surface area contributed by atoms with Crippen LogP contribution in [0.1, 0.15) is 19.4 Å². The summed E-state index contributed by atoms with van der Waals surface area (Å²) in [5.41, 5.74) is 0.139. The molecule has 2 aromatic rings. The van der Waals surface area contributed by atoms with Gasteiger partial charge in [0.2, 0.25) is 0 Å². The second kappa shape index (κ2) is 9.18. The molecular formula is C21H17Cl3N2O5. The largest absolute Gasteiger partial charge is 0.493 e. The minimum absolute atomic E-state index is 0.00117. The number of benzene rings is 2. The van der Waals surface area contributed by atoms with Crippen molar-refractivity contribution in [1.82, 2.24) is 5.32 Å². The summed E-state index contributed by atoms with van der Waals surface area (Å²) in [5, 5.41) is 2.51. The molecule has 0 unspecified atom stereocenters. The van der Waals surface area contributed by atoms with Gasteiger partial charge in [0.05, 0.1) is 34.0 Å². The molecular weight excluding hydrogens is 467 g/mol. The Morgan fingerprint density at radius 1 is 1.06 bits per heavy atom. The summed E-state index contributed by atoms with van der Waals surface area (Å²) in [5.74, 6) is -1.07. The van der Waals surface area contributed by atoms with Crippen molar-refractivity contribution in [2.75, 3.05) is 12.0 Å². The highest BCUT2D eigenvalue weighted by molar-refractivity contribution is 6.46. The summed E-state index contributed by atoms with van der Waals surface area (Å²) >= 11 is 18.5. The van der Waals surface area contributed by atoms with Gasteiger partial charge < -0.3 is 9.47 Å². The smallest absolute Gasteiger partial charge is 0.336 e. The standard InChI is InChI=1S/C21H17Cl3N2O5/c1-10(2)31-18-14(23)8-11(9-16(18)30-3)7-12-19(27)25-21(29)26(20(12)28)15-6-4-5-13(22)17(15)24/h4-10H,1-3H3,(H,25,27,29)/b12-7+. The molecule has 1 N–H and O–H groups in total. The molecule has 0 aromatic heterocycles. The first-order valence-corrected chi connectivity index (χ1v) is 10.2. The molecule has 2 aromatic carbocycles. The lowest BCUT2D eigenvalue weighted by molar-refractivity contribution is -0.122. The summed E-state index contributed by atoms with van der Waals surface area (Å²) < 4.78 is 11.0. The SMILES string of the molecule is COc1cc(/C=C2\C(=O)NC(=O)N(c3cccc(Cl)c3Cl)C2=O)cc(Cl)c1OC(C)C. The zero-order valence-corrected chi connectivity index (χ0v) is 18.9. The average molecular weight is 484 g/mol. The molecule has 0 spiro atoms. The summed E-state index contributed by atoms with van der Waals surface area (Å²) in [6.45, 7) is 3.67. The number of anilines is 1. The monoisotopic (exact) mass is 482 g/mol. The van der Waals surface area contributed by atoms with E-state index >= 15 is 0 Å². The van der Waals surface area contributed by atoms with Crippen LogP contribution in [0.5, 0.6) is 11.5 Å². The number of carbonyl (C=O) groups excluding carboxylic acids is 3. The maximum absolute atomic E-state index is 13.1. The van der Waals surface area contributed by atoms with Gasteiger partial charge >= 0.3 is 6.03 Å². The van der Waals surface area contributed by atoms with Crippen molar-refractivity contribution in [2.45, 2.75) is 20.0 Å². The van der Waals surface area contributed by atoms with E-state index in [2.05, 4.69) is 5.32 Å². The lowest BCUT2D eigenvalue weighted by Crippen LogP contribution is -2.54. The van der Waals surface area contributed by atoms with E-state index < -0.39 is 17.8 Å². The number of nitrogens with one attached hydrogen (secondary N) is 1. The Balaban J connectivity index is 2.06. The van der Waals surface area contributed by atoms with Crippen LogP contribution in [0.4, 0.5) is 10.5 Å². The Hall–Kier alpha value is -2.74. The van der Waals surface area contributed by atoms with E-state index in [9.17, 15) is 14.4 Å². The molecule has 0 aliphatic carbocycles. The quantitative estimate of drug-likeness (QED) is 0.472. The Labute approximate surface area is 193 Å². The van der Waals surface area contributed by atoms with Gasteiger partial charge in [-0.05, 0) is 49.8 Å². The molecule has 4 amide bonds. The molecule has 1 fully saturated rings. The number of imide groups is 2. The van der Waals surface area contributed by atoms with E-state index in [-0.39, 0.29) is 32.4 Å². The zero-order valence-electron chi connectivity index (χ0n) is 16.7. The lowest BCUT2D eigenvalue weighted by Gasteiger charge is -2.27. The van der Waals surface area contributed by atoms with Gasteiger partial charge in [-0.25, -0.2) is 9.69 Å².